The van der Waals surface area contributed by atoms with Crippen LogP contribution < -0.4 is 0 Å². The van der Waals surface area contributed by atoms with Gasteiger partial charge in [0.15, 0.2) is 11.6 Å². The van der Waals surface area contributed by atoms with Gasteiger partial charge in [-0.25, -0.2) is 4.79 Å². The number of Topliss-reactive ketones (excluding diaryl/α,β-unsaturated/α-hetero) is 2. The Hall–Kier alpha value is -3.39. The van der Waals surface area contributed by atoms with Crippen molar-refractivity contribution in [2.75, 3.05) is 0 Å². The lowest BCUT2D eigenvalue weighted by molar-refractivity contribution is 0.0696. The Morgan fingerprint density at radius 2 is 1.78 bits per heavy atom. The van der Waals surface area contributed by atoms with Gasteiger partial charge in [0.1, 0.15) is 0 Å². The van der Waals surface area contributed by atoms with Gasteiger partial charge in [0.25, 0.3) is 0 Å². The van der Waals surface area contributed by atoms with Gasteiger partial charge in [0.05, 0.1) is 16.8 Å². The number of carboxylic acid groups (broad SMARTS) is 1. The maximum absolute atomic E-state index is 13.0. The minimum atomic E-state index is -2.78. The largest absolute Gasteiger partial charge is 0.478 e. The number of carbonyl (C=O) groups excluding carboxylic acids is 2. The summed E-state index contributed by atoms with van der Waals surface area (Å²) in [6.45, 7) is 1.52. The van der Waals surface area contributed by atoms with E-state index in [4.69, 9.17) is 5.11 Å². The second-order valence-electron chi connectivity index (χ2n) is 5.95. The lowest BCUT2D eigenvalue weighted by Crippen LogP contribution is -2.22. The number of aromatic carboxylic acids is 1. The molecule has 0 amide bonds. The molecule has 8 heteroatoms. The van der Waals surface area contributed by atoms with Crippen LogP contribution in [0.2, 0.25) is 0 Å². The van der Waals surface area contributed by atoms with E-state index >= 15 is 0 Å². The monoisotopic (exact) mass is 383 g/mol. The number of carbonyl (C=O) groups is 3. The molecular formula is C19H13NO6S. The van der Waals surface area contributed by atoms with Crippen LogP contribution in [0.5, 0.6) is 0 Å². The van der Waals surface area contributed by atoms with Crippen molar-refractivity contribution in [3.05, 3.63) is 75.9 Å². The van der Waals surface area contributed by atoms with E-state index in [2.05, 4.69) is 4.36 Å². The number of fused-ring (bicyclic) bond motifs is 1. The molecule has 0 saturated carbocycles. The molecule has 0 aromatic heterocycles. The van der Waals surface area contributed by atoms with Crippen molar-refractivity contribution < 1.29 is 27.9 Å². The third kappa shape index (κ3) is 3.47. The van der Waals surface area contributed by atoms with E-state index < -0.39 is 22.3 Å². The molecule has 2 aromatic rings. The first-order valence-electron chi connectivity index (χ1n) is 7.85. The van der Waals surface area contributed by atoms with E-state index in [9.17, 15) is 22.8 Å². The molecule has 136 valence electrons. The first kappa shape index (κ1) is 18.4. The van der Waals surface area contributed by atoms with Crippen molar-refractivity contribution in [1.82, 2.24) is 0 Å². The fourth-order valence-electron chi connectivity index (χ4n) is 3.02. The van der Waals surface area contributed by atoms with E-state index in [-0.39, 0.29) is 45.7 Å². The van der Waals surface area contributed by atoms with Crippen LogP contribution >= 0.6 is 0 Å². The first-order valence-corrected chi connectivity index (χ1v) is 8.88. The van der Waals surface area contributed by atoms with Crippen molar-refractivity contribution >= 4 is 33.7 Å². The summed E-state index contributed by atoms with van der Waals surface area (Å²) in [5, 5.41) is 9.11. The van der Waals surface area contributed by atoms with Crippen molar-refractivity contribution in [2.24, 2.45) is 4.36 Å². The summed E-state index contributed by atoms with van der Waals surface area (Å²) in [6, 6.07) is 10.3. The van der Waals surface area contributed by atoms with E-state index in [0.29, 0.717) is 5.56 Å². The second kappa shape index (κ2) is 7.08. The smallest absolute Gasteiger partial charge is 0.335 e. The molecule has 0 unspecified atom stereocenters. The Bertz CT molecular complexity index is 1170. The van der Waals surface area contributed by atoms with E-state index in [1.165, 1.54) is 37.3 Å². The molecule has 27 heavy (non-hydrogen) atoms. The second-order valence-corrected chi connectivity index (χ2v) is 6.57. The van der Waals surface area contributed by atoms with Crippen LogP contribution in [-0.2, 0) is 16.9 Å². The first-order chi connectivity index (χ1) is 12.8. The van der Waals surface area contributed by atoms with Crippen LogP contribution in [0.4, 0.5) is 5.69 Å². The highest BCUT2D eigenvalue weighted by Gasteiger charge is 2.32. The molecule has 3 rings (SSSR count). The molecule has 2 aromatic carbocycles. The number of hydrogen-bond donors (Lipinski definition) is 1. The number of rotatable bonds is 4. The molecule has 1 aliphatic rings. The third-order valence-electron chi connectivity index (χ3n) is 4.31. The van der Waals surface area contributed by atoms with E-state index in [1.54, 1.807) is 12.1 Å². The predicted octanol–water partition coefficient (Wildman–Crippen LogP) is 3.02. The molecule has 0 fully saturated rings. The molecule has 0 saturated heterocycles. The van der Waals surface area contributed by atoms with Gasteiger partial charge in [0, 0.05) is 23.1 Å². The molecule has 0 aliphatic heterocycles. The Morgan fingerprint density at radius 3 is 2.44 bits per heavy atom. The Balaban J connectivity index is 2.11. The number of ketones is 2. The van der Waals surface area contributed by atoms with Crippen LogP contribution in [0.25, 0.3) is 0 Å². The number of hydrogen-bond acceptors (Lipinski definition) is 6. The fourth-order valence-corrected chi connectivity index (χ4v) is 3.33. The molecule has 7 nitrogen and oxygen atoms in total. The SMILES string of the molecule is CC1=C(Cc2cccc(C(=O)O)c2)C(=O)c2c(N=S(=O)=O)cccc2C1=O. The van der Waals surface area contributed by atoms with E-state index in [0.717, 1.165) is 0 Å². The molecule has 0 atom stereocenters. The number of carboxylic acids is 1. The van der Waals surface area contributed by atoms with Crippen molar-refractivity contribution in [3.63, 3.8) is 0 Å². The fraction of sp³-hybridized carbons (Fsp3) is 0.105. The highest BCUT2D eigenvalue weighted by atomic mass is 32.2. The molecule has 1 N–H and O–H groups in total. The van der Waals surface area contributed by atoms with Crippen molar-refractivity contribution in [2.45, 2.75) is 13.3 Å². The molecule has 0 bridgehead atoms. The predicted molar refractivity (Wildman–Crippen MR) is 95.9 cm³/mol. The maximum Gasteiger partial charge on any atom is 0.335 e. The lowest BCUT2D eigenvalue weighted by Gasteiger charge is -2.20. The zero-order valence-corrected chi connectivity index (χ0v) is 14.9. The summed E-state index contributed by atoms with van der Waals surface area (Å²) in [4.78, 5) is 36.8. The lowest BCUT2D eigenvalue weighted by atomic mass is 9.81. The van der Waals surface area contributed by atoms with Crippen molar-refractivity contribution in [1.29, 1.82) is 0 Å². The van der Waals surface area contributed by atoms with Gasteiger partial charge in [0.2, 0.25) is 0 Å². The molecule has 0 heterocycles. The Labute approximate surface area is 155 Å². The van der Waals surface area contributed by atoms with E-state index in [1.807, 2.05) is 0 Å². The van der Waals surface area contributed by atoms with Gasteiger partial charge in [-0.15, -0.1) is 4.36 Å². The van der Waals surface area contributed by atoms with Gasteiger partial charge in [-0.3, -0.25) is 9.59 Å². The summed E-state index contributed by atoms with van der Waals surface area (Å²) in [7, 11) is -2.78. The van der Waals surface area contributed by atoms with Gasteiger partial charge in [-0.2, -0.15) is 8.42 Å². The number of nitrogens with zero attached hydrogens (tertiary/aromatic N) is 1. The molecular weight excluding hydrogens is 370 g/mol. The van der Waals surface area contributed by atoms with Gasteiger partial charge < -0.3 is 5.11 Å². The highest BCUT2D eigenvalue weighted by Crippen LogP contribution is 2.34. The Morgan fingerprint density at radius 1 is 1.07 bits per heavy atom. The summed E-state index contributed by atoms with van der Waals surface area (Å²) in [5.74, 6) is -1.98. The van der Waals surface area contributed by atoms with Gasteiger partial charge in [-0.1, -0.05) is 24.3 Å². The average molecular weight is 383 g/mol. The van der Waals surface area contributed by atoms with Crippen molar-refractivity contribution in [3.8, 4) is 0 Å². The number of benzene rings is 2. The van der Waals surface area contributed by atoms with Crippen LogP contribution in [-0.4, -0.2) is 31.1 Å². The minimum absolute atomic E-state index is 0.0474. The topological polar surface area (TPSA) is 118 Å². The van der Waals surface area contributed by atoms with Crippen LogP contribution in [0.1, 0.15) is 43.6 Å². The zero-order chi connectivity index (χ0) is 19.7. The molecule has 0 radical (unpaired) electrons. The van der Waals surface area contributed by atoms with Gasteiger partial charge in [-0.05, 0) is 30.7 Å². The summed E-state index contributed by atoms with van der Waals surface area (Å²) in [5.41, 5.74) is 1.01. The number of allylic oxidation sites excluding steroid dienone is 2. The average Bonchev–Trinajstić information content (AvgIpc) is 2.63. The van der Waals surface area contributed by atoms with Crippen LogP contribution in [0.3, 0.4) is 0 Å². The quantitative estimate of drug-likeness (QED) is 0.867. The van der Waals surface area contributed by atoms with Crippen LogP contribution in [0.15, 0.2) is 58.0 Å². The molecule has 1 aliphatic carbocycles. The summed E-state index contributed by atoms with van der Waals surface area (Å²) in [6.07, 6.45) is 0.0474. The van der Waals surface area contributed by atoms with Crippen LogP contribution in [0, 0.1) is 0 Å². The standard InChI is InChI=1S/C19H13NO6S/c1-10-14(9-11-4-2-5-12(8-11)19(23)24)18(22)16-13(17(10)21)6-3-7-15(16)20-27(25)26/h2-8H,9H2,1H3,(H,23,24). The summed E-state index contributed by atoms with van der Waals surface area (Å²) < 4.78 is 25.3. The van der Waals surface area contributed by atoms with Gasteiger partial charge >= 0.3 is 16.5 Å². The summed E-state index contributed by atoms with van der Waals surface area (Å²) >= 11 is 0. The minimum Gasteiger partial charge on any atom is -0.478 e. The molecule has 0 spiro atoms. The zero-order valence-electron chi connectivity index (χ0n) is 14.1. The normalized spacial score (nSPS) is 13.4. The Kier molecular flexibility index (Phi) is 4.83. The maximum atomic E-state index is 13.0. The highest BCUT2D eigenvalue weighted by molar-refractivity contribution is 7.61. The third-order valence-corrected chi connectivity index (χ3v) is 4.65.